The first-order chi connectivity index (χ1) is 12.4. The summed E-state index contributed by atoms with van der Waals surface area (Å²) in [6.45, 7) is 0.716. The summed E-state index contributed by atoms with van der Waals surface area (Å²) in [4.78, 5) is 32.6. The number of benzene rings is 2. The summed E-state index contributed by atoms with van der Waals surface area (Å²) in [5.74, 6) is -0.279. The number of hydrogen-bond donors (Lipinski definition) is 1. The van der Waals surface area contributed by atoms with Crippen LogP contribution in [0.25, 0.3) is 0 Å². The second-order valence-electron chi connectivity index (χ2n) is 5.04. The molecule has 0 aliphatic rings. The predicted octanol–water partition coefficient (Wildman–Crippen LogP) is 2.78. The topological polar surface area (TPSA) is 134 Å². The number of non-ortho nitro benzene ring substituents is 1. The number of ether oxygens (including phenoxy) is 2. The van der Waals surface area contributed by atoms with Crippen LogP contribution in [0.15, 0.2) is 42.5 Å². The summed E-state index contributed by atoms with van der Waals surface area (Å²) >= 11 is 0. The number of carbonyl (C=O) groups is 1. The van der Waals surface area contributed by atoms with Gasteiger partial charge in [0.05, 0.1) is 22.5 Å². The van der Waals surface area contributed by atoms with Gasteiger partial charge in [-0.25, -0.2) is 0 Å². The fourth-order valence-corrected chi connectivity index (χ4v) is 2.08. The van der Waals surface area contributed by atoms with Gasteiger partial charge in [0.15, 0.2) is 0 Å². The van der Waals surface area contributed by atoms with Crippen LogP contribution in [0.5, 0.6) is 5.75 Å². The number of anilines is 1. The lowest BCUT2D eigenvalue weighted by Crippen LogP contribution is -2.14. The van der Waals surface area contributed by atoms with E-state index in [0.29, 0.717) is 24.7 Å². The van der Waals surface area contributed by atoms with Crippen LogP contribution >= 0.6 is 0 Å². The van der Waals surface area contributed by atoms with Crippen molar-refractivity contribution >= 4 is 23.0 Å². The quantitative estimate of drug-likeness (QED) is 0.434. The van der Waals surface area contributed by atoms with Crippen molar-refractivity contribution in [2.75, 3.05) is 25.6 Å². The van der Waals surface area contributed by atoms with E-state index >= 15 is 0 Å². The Kier molecular flexibility index (Phi) is 6.17. The molecule has 1 N–H and O–H groups in total. The zero-order valence-corrected chi connectivity index (χ0v) is 13.7. The molecule has 0 saturated heterocycles. The minimum absolute atomic E-state index is 0.286. The molecule has 0 radical (unpaired) electrons. The van der Waals surface area contributed by atoms with E-state index in [2.05, 4.69) is 5.32 Å². The molecule has 0 fully saturated rings. The average molecular weight is 361 g/mol. The SMILES string of the molecule is COCCOc1cccc(NC(=O)c2ccc([N+](=O)[O-])cc2[N+](=O)[O-])c1. The third-order valence-corrected chi connectivity index (χ3v) is 3.28. The second kappa shape index (κ2) is 8.53. The van der Waals surface area contributed by atoms with Crippen molar-refractivity contribution in [1.82, 2.24) is 0 Å². The van der Waals surface area contributed by atoms with E-state index in [9.17, 15) is 25.0 Å². The lowest BCUT2D eigenvalue weighted by atomic mass is 10.1. The number of amides is 1. The van der Waals surface area contributed by atoms with Crippen LogP contribution in [0, 0.1) is 20.2 Å². The number of nitro groups is 2. The van der Waals surface area contributed by atoms with Gasteiger partial charge in [-0.2, -0.15) is 0 Å². The van der Waals surface area contributed by atoms with E-state index in [1.165, 1.54) is 7.11 Å². The van der Waals surface area contributed by atoms with Gasteiger partial charge in [0.2, 0.25) is 0 Å². The van der Waals surface area contributed by atoms with Crippen LogP contribution < -0.4 is 10.1 Å². The summed E-state index contributed by atoms with van der Waals surface area (Å²) in [6, 6.07) is 9.28. The monoisotopic (exact) mass is 361 g/mol. The first-order valence-corrected chi connectivity index (χ1v) is 7.38. The Morgan fingerprint density at radius 2 is 1.85 bits per heavy atom. The Balaban J connectivity index is 2.21. The van der Waals surface area contributed by atoms with Gasteiger partial charge in [0.1, 0.15) is 17.9 Å². The molecule has 2 aromatic carbocycles. The lowest BCUT2D eigenvalue weighted by Gasteiger charge is -2.09. The van der Waals surface area contributed by atoms with Crippen molar-refractivity contribution in [2.24, 2.45) is 0 Å². The molecule has 26 heavy (non-hydrogen) atoms. The standard InChI is InChI=1S/C16H15N3O7/c1-25-7-8-26-13-4-2-3-11(9-13)17-16(20)14-6-5-12(18(21)22)10-15(14)19(23)24/h2-6,9-10H,7-8H2,1H3,(H,17,20). The summed E-state index contributed by atoms with van der Waals surface area (Å²) < 4.78 is 10.3. The molecular formula is C16H15N3O7. The molecule has 1 amide bonds. The molecule has 0 aliphatic heterocycles. The minimum atomic E-state index is -0.841. The van der Waals surface area contributed by atoms with E-state index in [0.717, 1.165) is 18.2 Å². The van der Waals surface area contributed by atoms with Gasteiger partial charge >= 0.3 is 0 Å². The average Bonchev–Trinajstić information content (AvgIpc) is 2.61. The number of nitro benzene ring substituents is 2. The van der Waals surface area contributed by atoms with Crippen molar-refractivity contribution in [1.29, 1.82) is 0 Å². The van der Waals surface area contributed by atoms with Crippen LogP contribution in [0.4, 0.5) is 17.1 Å². The Labute approximate surface area is 147 Å². The first-order valence-electron chi connectivity index (χ1n) is 7.38. The molecule has 0 heterocycles. The summed E-state index contributed by atoms with van der Waals surface area (Å²) in [5, 5.41) is 24.4. The van der Waals surface area contributed by atoms with Crippen LogP contribution in [0.2, 0.25) is 0 Å². The zero-order chi connectivity index (χ0) is 19.1. The highest BCUT2D eigenvalue weighted by Gasteiger charge is 2.24. The highest BCUT2D eigenvalue weighted by Crippen LogP contribution is 2.26. The summed E-state index contributed by atoms with van der Waals surface area (Å²) in [5.41, 5.74) is -1.05. The fourth-order valence-electron chi connectivity index (χ4n) is 2.08. The number of methoxy groups -OCH3 is 1. The van der Waals surface area contributed by atoms with Crippen LogP contribution in [-0.2, 0) is 4.74 Å². The van der Waals surface area contributed by atoms with E-state index < -0.39 is 27.1 Å². The van der Waals surface area contributed by atoms with Gasteiger partial charge in [0.25, 0.3) is 17.3 Å². The number of nitrogens with zero attached hydrogens (tertiary/aromatic N) is 2. The van der Waals surface area contributed by atoms with Crippen LogP contribution in [0.1, 0.15) is 10.4 Å². The maximum Gasteiger partial charge on any atom is 0.289 e. The van der Waals surface area contributed by atoms with E-state index in [1.54, 1.807) is 24.3 Å². The molecule has 0 spiro atoms. The van der Waals surface area contributed by atoms with Crippen molar-refractivity contribution in [3.8, 4) is 5.75 Å². The van der Waals surface area contributed by atoms with E-state index in [4.69, 9.17) is 9.47 Å². The highest BCUT2D eigenvalue weighted by molar-refractivity contribution is 6.07. The van der Waals surface area contributed by atoms with Crippen LogP contribution in [0.3, 0.4) is 0 Å². The molecule has 0 unspecified atom stereocenters. The smallest absolute Gasteiger partial charge is 0.289 e. The molecule has 0 aliphatic carbocycles. The molecule has 136 valence electrons. The number of rotatable bonds is 8. The lowest BCUT2D eigenvalue weighted by molar-refractivity contribution is -0.394. The summed E-state index contributed by atoms with van der Waals surface area (Å²) in [7, 11) is 1.54. The first kappa shape index (κ1) is 18.8. The largest absolute Gasteiger partial charge is 0.491 e. The Bertz CT molecular complexity index is 838. The van der Waals surface area contributed by atoms with Gasteiger partial charge in [-0.1, -0.05) is 6.07 Å². The molecule has 0 saturated carbocycles. The van der Waals surface area contributed by atoms with Gasteiger partial charge in [-0.15, -0.1) is 0 Å². The Morgan fingerprint density at radius 1 is 1.08 bits per heavy atom. The third-order valence-electron chi connectivity index (χ3n) is 3.28. The molecule has 0 bridgehead atoms. The number of nitrogens with one attached hydrogen (secondary N) is 1. The predicted molar refractivity (Wildman–Crippen MR) is 91.5 cm³/mol. The summed E-state index contributed by atoms with van der Waals surface area (Å²) in [6.07, 6.45) is 0. The zero-order valence-electron chi connectivity index (χ0n) is 13.7. The van der Waals surface area contributed by atoms with Crippen molar-refractivity contribution in [3.63, 3.8) is 0 Å². The molecule has 10 nitrogen and oxygen atoms in total. The maximum absolute atomic E-state index is 12.3. The molecule has 2 aromatic rings. The van der Waals surface area contributed by atoms with Gasteiger partial charge in [-0.3, -0.25) is 25.0 Å². The van der Waals surface area contributed by atoms with Gasteiger partial charge < -0.3 is 14.8 Å². The van der Waals surface area contributed by atoms with Crippen molar-refractivity contribution in [2.45, 2.75) is 0 Å². The normalized spacial score (nSPS) is 10.2. The molecular weight excluding hydrogens is 346 g/mol. The van der Waals surface area contributed by atoms with Crippen molar-refractivity contribution in [3.05, 3.63) is 68.3 Å². The van der Waals surface area contributed by atoms with Crippen molar-refractivity contribution < 1.29 is 24.1 Å². The number of hydrogen-bond acceptors (Lipinski definition) is 7. The van der Waals surface area contributed by atoms with Gasteiger partial charge in [0, 0.05) is 24.9 Å². The minimum Gasteiger partial charge on any atom is -0.491 e. The molecule has 0 atom stereocenters. The van der Waals surface area contributed by atoms with Gasteiger partial charge in [-0.05, 0) is 18.2 Å². The Morgan fingerprint density at radius 3 is 2.50 bits per heavy atom. The van der Waals surface area contributed by atoms with Crippen LogP contribution in [-0.4, -0.2) is 36.1 Å². The fraction of sp³-hybridized carbons (Fsp3) is 0.188. The van der Waals surface area contributed by atoms with E-state index in [-0.39, 0.29) is 5.56 Å². The second-order valence-corrected chi connectivity index (χ2v) is 5.04. The molecule has 10 heteroatoms. The third kappa shape index (κ3) is 4.74. The van der Waals surface area contributed by atoms with E-state index in [1.807, 2.05) is 0 Å². The number of carbonyl (C=O) groups excluding carboxylic acids is 1. The molecule has 2 rings (SSSR count). The maximum atomic E-state index is 12.3. The molecule has 0 aromatic heterocycles. The highest BCUT2D eigenvalue weighted by atomic mass is 16.6. The Hall–Kier alpha value is -3.53.